The van der Waals surface area contributed by atoms with Crippen molar-refractivity contribution in [1.82, 2.24) is 24.7 Å². The molecule has 41 heavy (non-hydrogen) atoms. The first-order valence-corrected chi connectivity index (χ1v) is 13.6. The van der Waals surface area contributed by atoms with Crippen LogP contribution in [0, 0.1) is 5.92 Å². The van der Waals surface area contributed by atoms with Gasteiger partial charge >= 0.3 is 0 Å². The molecular formula is C31H37N5O5. The second-order valence-electron chi connectivity index (χ2n) is 10.8. The van der Waals surface area contributed by atoms with Crippen molar-refractivity contribution in [2.24, 2.45) is 5.92 Å². The minimum absolute atomic E-state index is 0.103. The summed E-state index contributed by atoms with van der Waals surface area (Å²) in [6.45, 7) is 4.14. The first-order chi connectivity index (χ1) is 19.6. The van der Waals surface area contributed by atoms with Crippen LogP contribution in [-0.4, -0.2) is 100 Å². The van der Waals surface area contributed by atoms with Crippen LogP contribution in [0.3, 0.4) is 0 Å². The van der Waals surface area contributed by atoms with Crippen molar-refractivity contribution < 1.29 is 24.2 Å². The summed E-state index contributed by atoms with van der Waals surface area (Å²) in [4.78, 5) is 52.8. The Morgan fingerprint density at radius 3 is 2.56 bits per heavy atom. The quantitative estimate of drug-likeness (QED) is 0.451. The Bertz CT molecular complexity index is 1400. The summed E-state index contributed by atoms with van der Waals surface area (Å²) in [5, 5.41) is 9.95. The summed E-state index contributed by atoms with van der Waals surface area (Å²) in [6.07, 6.45) is 2.97. The molecular weight excluding hydrogens is 522 g/mol. The minimum atomic E-state index is -0.465. The molecule has 10 nitrogen and oxygen atoms in total. The van der Waals surface area contributed by atoms with E-state index in [2.05, 4.69) is 9.97 Å². The largest absolute Gasteiger partial charge is 0.472 e. The number of benzene rings is 1. The highest BCUT2D eigenvalue weighted by molar-refractivity contribution is 5.98. The van der Waals surface area contributed by atoms with E-state index in [0.717, 1.165) is 5.56 Å². The molecule has 0 unspecified atom stereocenters. The fourth-order valence-corrected chi connectivity index (χ4v) is 4.73. The summed E-state index contributed by atoms with van der Waals surface area (Å²) in [5.74, 6) is -0.542. The minimum Gasteiger partial charge on any atom is -0.472 e. The van der Waals surface area contributed by atoms with Crippen LogP contribution in [0.15, 0.2) is 60.9 Å². The Balaban J connectivity index is 1.66. The van der Waals surface area contributed by atoms with Gasteiger partial charge in [-0.25, -0.2) is 4.98 Å². The lowest BCUT2D eigenvalue weighted by atomic mass is 9.98. The predicted octanol–water partition coefficient (Wildman–Crippen LogP) is 2.77. The third-order valence-electron chi connectivity index (χ3n) is 7.31. The van der Waals surface area contributed by atoms with Crippen LogP contribution in [0.1, 0.15) is 40.3 Å². The highest BCUT2D eigenvalue weighted by Crippen LogP contribution is 2.31. The van der Waals surface area contributed by atoms with Crippen LogP contribution in [0.5, 0.6) is 5.88 Å². The van der Waals surface area contributed by atoms with E-state index in [1.165, 1.54) is 4.90 Å². The monoisotopic (exact) mass is 559 g/mol. The van der Waals surface area contributed by atoms with Gasteiger partial charge in [0, 0.05) is 62.8 Å². The first-order valence-electron chi connectivity index (χ1n) is 13.6. The van der Waals surface area contributed by atoms with Gasteiger partial charge in [0.15, 0.2) is 0 Å². The van der Waals surface area contributed by atoms with Crippen LogP contribution >= 0.6 is 0 Å². The van der Waals surface area contributed by atoms with Gasteiger partial charge in [-0.2, -0.15) is 0 Å². The zero-order chi connectivity index (χ0) is 29.7. The van der Waals surface area contributed by atoms with Crippen LogP contribution in [-0.2, 0) is 11.2 Å². The van der Waals surface area contributed by atoms with Gasteiger partial charge in [0.05, 0.1) is 25.6 Å². The second-order valence-corrected chi connectivity index (χ2v) is 10.8. The summed E-state index contributed by atoms with van der Waals surface area (Å²) in [6, 6.07) is 13.9. The predicted molar refractivity (Wildman–Crippen MR) is 154 cm³/mol. The molecule has 0 bridgehead atoms. The Labute approximate surface area is 240 Å². The number of amides is 3. The standard InChI is InChI=1S/C31H37N5O5/c1-20-17-36(21(2)19-37)31(40)26-14-24(22-9-8-10-23(13-22)30(39)34(3)4)16-33-29(26)41-27(20)18-35(5)28(38)15-25-11-6-7-12-32-25/h6-14,16,20-21,27,37H,15,17-19H2,1-5H3/t20-,21-,27-/m1/s1. The Hall–Kier alpha value is -4.31. The van der Waals surface area contributed by atoms with E-state index in [9.17, 15) is 19.5 Å². The molecule has 1 aliphatic rings. The lowest BCUT2D eigenvalue weighted by Gasteiger charge is -2.37. The molecule has 3 amide bonds. The Morgan fingerprint density at radius 1 is 1.10 bits per heavy atom. The fourth-order valence-electron chi connectivity index (χ4n) is 4.73. The molecule has 0 fully saturated rings. The summed E-state index contributed by atoms with van der Waals surface area (Å²) < 4.78 is 6.35. The van der Waals surface area contributed by atoms with E-state index in [1.54, 1.807) is 80.6 Å². The van der Waals surface area contributed by atoms with Gasteiger partial charge in [-0.3, -0.25) is 19.4 Å². The normalized spacial score (nSPS) is 17.5. The van der Waals surface area contributed by atoms with E-state index in [1.807, 2.05) is 25.1 Å². The molecule has 1 aromatic carbocycles. The summed E-state index contributed by atoms with van der Waals surface area (Å²) in [7, 11) is 5.10. The van der Waals surface area contributed by atoms with E-state index in [0.29, 0.717) is 23.4 Å². The molecule has 2 aromatic heterocycles. The molecule has 0 saturated carbocycles. The van der Waals surface area contributed by atoms with Crippen molar-refractivity contribution in [3.63, 3.8) is 0 Å². The van der Waals surface area contributed by atoms with E-state index in [-0.39, 0.29) is 54.7 Å². The summed E-state index contributed by atoms with van der Waals surface area (Å²) >= 11 is 0. The van der Waals surface area contributed by atoms with Gasteiger partial charge in [0.25, 0.3) is 11.8 Å². The molecule has 0 aliphatic carbocycles. The molecule has 0 spiro atoms. The highest BCUT2D eigenvalue weighted by atomic mass is 16.5. The van der Waals surface area contributed by atoms with Crippen molar-refractivity contribution in [3.8, 4) is 17.0 Å². The van der Waals surface area contributed by atoms with Gasteiger partial charge in [-0.05, 0) is 42.8 Å². The Morgan fingerprint density at radius 2 is 1.88 bits per heavy atom. The number of aliphatic hydroxyl groups excluding tert-OH is 1. The smallest absolute Gasteiger partial charge is 0.259 e. The number of nitrogens with zero attached hydrogens (tertiary/aromatic N) is 5. The molecule has 4 rings (SSSR count). The number of carbonyl (C=O) groups is 3. The van der Waals surface area contributed by atoms with Crippen LogP contribution in [0.2, 0.25) is 0 Å². The van der Waals surface area contributed by atoms with Gasteiger partial charge < -0.3 is 24.5 Å². The molecule has 0 radical (unpaired) electrons. The average molecular weight is 560 g/mol. The zero-order valence-electron chi connectivity index (χ0n) is 24.2. The Kier molecular flexibility index (Phi) is 9.34. The van der Waals surface area contributed by atoms with Crippen LogP contribution < -0.4 is 4.74 Å². The molecule has 216 valence electrons. The van der Waals surface area contributed by atoms with Gasteiger partial charge in [-0.1, -0.05) is 25.1 Å². The van der Waals surface area contributed by atoms with Crippen LogP contribution in [0.25, 0.3) is 11.1 Å². The lowest BCUT2D eigenvalue weighted by molar-refractivity contribution is -0.130. The van der Waals surface area contributed by atoms with Crippen molar-refractivity contribution in [3.05, 3.63) is 77.7 Å². The molecule has 1 aliphatic heterocycles. The molecule has 0 saturated heterocycles. The maximum Gasteiger partial charge on any atom is 0.259 e. The van der Waals surface area contributed by atoms with Crippen LogP contribution in [0.4, 0.5) is 0 Å². The maximum absolute atomic E-state index is 13.8. The first kappa shape index (κ1) is 29.7. The van der Waals surface area contributed by atoms with Gasteiger partial charge in [0.2, 0.25) is 11.8 Å². The van der Waals surface area contributed by atoms with Crippen molar-refractivity contribution in [2.75, 3.05) is 40.8 Å². The fraction of sp³-hybridized carbons (Fsp3) is 0.387. The number of ether oxygens (including phenoxy) is 1. The number of rotatable bonds is 8. The topological polar surface area (TPSA) is 116 Å². The molecule has 3 heterocycles. The number of hydrogen-bond acceptors (Lipinski definition) is 7. The molecule has 1 N–H and O–H groups in total. The van der Waals surface area contributed by atoms with Gasteiger partial charge in [0.1, 0.15) is 11.7 Å². The highest BCUT2D eigenvalue weighted by Gasteiger charge is 2.35. The van der Waals surface area contributed by atoms with Crippen molar-refractivity contribution in [2.45, 2.75) is 32.4 Å². The summed E-state index contributed by atoms with van der Waals surface area (Å²) in [5.41, 5.74) is 2.84. The second kappa shape index (κ2) is 12.9. The SMILES string of the molecule is C[C@@H]1CN([C@H](C)CO)C(=O)c2cc(-c3cccc(C(=O)N(C)C)c3)cnc2O[C@@H]1CN(C)C(=O)Cc1ccccn1. The maximum atomic E-state index is 13.8. The lowest BCUT2D eigenvalue weighted by Crippen LogP contribution is -2.50. The van der Waals surface area contributed by atoms with Gasteiger partial charge in [-0.15, -0.1) is 0 Å². The van der Waals surface area contributed by atoms with E-state index < -0.39 is 12.1 Å². The average Bonchev–Trinajstić information content (AvgIpc) is 2.98. The van der Waals surface area contributed by atoms with E-state index in [4.69, 9.17) is 4.74 Å². The molecule has 3 aromatic rings. The molecule has 10 heteroatoms. The third kappa shape index (κ3) is 6.89. The third-order valence-corrected chi connectivity index (χ3v) is 7.31. The number of pyridine rings is 2. The number of carbonyl (C=O) groups excluding carboxylic acids is 3. The van der Waals surface area contributed by atoms with E-state index >= 15 is 0 Å². The molecule has 3 atom stereocenters. The van der Waals surface area contributed by atoms with Crippen molar-refractivity contribution in [1.29, 1.82) is 0 Å². The number of aromatic nitrogens is 2. The number of hydrogen-bond donors (Lipinski definition) is 1. The number of fused-ring (bicyclic) bond motifs is 1. The number of aliphatic hydroxyl groups is 1. The zero-order valence-corrected chi connectivity index (χ0v) is 24.2. The van der Waals surface area contributed by atoms with Crippen molar-refractivity contribution >= 4 is 17.7 Å². The number of likely N-dealkylation sites (N-methyl/N-ethyl adjacent to an activating group) is 1.